The number of aryl methyl sites for hydroxylation is 1. The van der Waals surface area contributed by atoms with Gasteiger partial charge in [-0.1, -0.05) is 20.8 Å². The first kappa shape index (κ1) is 20.9. The summed E-state index contributed by atoms with van der Waals surface area (Å²) in [4.78, 5) is 40.7. The van der Waals surface area contributed by atoms with Gasteiger partial charge in [-0.2, -0.15) is 5.26 Å². The van der Waals surface area contributed by atoms with Gasteiger partial charge in [0, 0.05) is 4.88 Å². The van der Waals surface area contributed by atoms with Crippen LogP contribution in [0.15, 0.2) is 0 Å². The van der Waals surface area contributed by atoms with Crippen molar-refractivity contribution in [3.05, 3.63) is 16.0 Å². The van der Waals surface area contributed by atoms with Crippen molar-refractivity contribution in [2.45, 2.75) is 71.3 Å². The SMILES string of the molecule is CC1CC(C)(C)CC2(C1)NC(=O)N(CC(=O)Nc1sc3c(c1C#N)CCCC3)C2=O. The summed E-state index contributed by atoms with van der Waals surface area (Å²) >= 11 is 1.44. The number of nitrogens with zero attached hydrogens (tertiary/aromatic N) is 2. The van der Waals surface area contributed by atoms with Crippen LogP contribution in [0.4, 0.5) is 9.80 Å². The van der Waals surface area contributed by atoms with E-state index < -0.39 is 17.5 Å². The molecule has 1 aliphatic heterocycles. The standard InChI is InChI=1S/C22H28N4O3S/c1-13-8-21(2,3)12-22(9-13)19(28)26(20(29)25-22)11-17(27)24-18-15(10-23)14-6-4-5-7-16(14)30-18/h13H,4-9,11-12H2,1-3H3,(H,24,27)(H,25,29). The van der Waals surface area contributed by atoms with Crippen molar-refractivity contribution in [1.29, 1.82) is 5.26 Å². The van der Waals surface area contributed by atoms with Gasteiger partial charge in [-0.15, -0.1) is 11.3 Å². The van der Waals surface area contributed by atoms with E-state index in [9.17, 15) is 19.6 Å². The molecule has 1 aromatic rings. The Bertz CT molecular complexity index is 960. The molecule has 2 aliphatic carbocycles. The Morgan fingerprint density at radius 1 is 1.30 bits per heavy atom. The summed E-state index contributed by atoms with van der Waals surface area (Å²) in [6.45, 7) is 5.98. The number of anilines is 1. The molecule has 4 amide bonds. The van der Waals surface area contributed by atoms with Gasteiger partial charge in [0.05, 0.1) is 5.56 Å². The number of hydrogen-bond acceptors (Lipinski definition) is 5. The van der Waals surface area contributed by atoms with Crippen molar-refractivity contribution in [2.24, 2.45) is 11.3 Å². The summed E-state index contributed by atoms with van der Waals surface area (Å²) < 4.78 is 0. The molecule has 30 heavy (non-hydrogen) atoms. The number of fused-ring (bicyclic) bond motifs is 1. The van der Waals surface area contributed by atoms with Crippen molar-refractivity contribution in [2.75, 3.05) is 11.9 Å². The van der Waals surface area contributed by atoms with Gasteiger partial charge in [0.1, 0.15) is 23.2 Å². The number of amides is 4. The van der Waals surface area contributed by atoms with E-state index in [1.54, 1.807) is 0 Å². The number of urea groups is 1. The number of rotatable bonds is 3. The second-order valence-corrected chi connectivity index (χ2v) is 10.9. The van der Waals surface area contributed by atoms with Gasteiger partial charge in [-0.3, -0.25) is 14.5 Å². The van der Waals surface area contributed by atoms with Gasteiger partial charge in [-0.05, 0) is 61.8 Å². The molecular weight excluding hydrogens is 400 g/mol. The summed E-state index contributed by atoms with van der Waals surface area (Å²) in [6, 6.07) is 1.71. The van der Waals surface area contributed by atoms with Crippen LogP contribution in [-0.2, 0) is 22.4 Å². The molecule has 2 heterocycles. The van der Waals surface area contributed by atoms with Crippen molar-refractivity contribution < 1.29 is 14.4 Å². The average Bonchev–Trinajstić information content (AvgIpc) is 3.09. The molecule has 160 valence electrons. The number of carbonyl (C=O) groups excluding carboxylic acids is 3. The predicted octanol–water partition coefficient (Wildman–Crippen LogP) is 3.57. The van der Waals surface area contributed by atoms with Gasteiger partial charge in [0.2, 0.25) is 5.91 Å². The largest absolute Gasteiger partial charge is 0.325 e. The molecule has 0 aromatic carbocycles. The summed E-state index contributed by atoms with van der Waals surface area (Å²) in [5.41, 5.74) is 0.589. The lowest BCUT2D eigenvalue weighted by Crippen LogP contribution is -2.54. The van der Waals surface area contributed by atoms with Gasteiger partial charge in [0.15, 0.2) is 0 Å². The first-order valence-corrected chi connectivity index (χ1v) is 11.4. The molecule has 1 saturated heterocycles. The van der Waals surface area contributed by atoms with E-state index >= 15 is 0 Å². The van der Waals surface area contributed by atoms with Crippen LogP contribution in [0, 0.1) is 22.7 Å². The number of thiophene rings is 1. The van der Waals surface area contributed by atoms with Crippen LogP contribution in [-0.4, -0.2) is 34.8 Å². The minimum atomic E-state index is -0.918. The number of carbonyl (C=O) groups is 3. The smallest absolute Gasteiger partial charge is 0.323 e. The van der Waals surface area contributed by atoms with E-state index in [4.69, 9.17) is 0 Å². The highest BCUT2D eigenvalue weighted by atomic mass is 32.1. The van der Waals surface area contributed by atoms with E-state index in [1.165, 1.54) is 11.3 Å². The third-order valence-corrected chi connectivity index (χ3v) is 7.67. The summed E-state index contributed by atoms with van der Waals surface area (Å²) in [5, 5.41) is 15.8. The Kier molecular flexibility index (Phi) is 5.13. The molecule has 2 N–H and O–H groups in total. The van der Waals surface area contributed by atoms with E-state index in [1.807, 2.05) is 0 Å². The Hall–Kier alpha value is -2.40. The molecule has 1 spiro atoms. The molecule has 2 atom stereocenters. The maximum absolute atomic E-state index is 13.2. The fraction of sp³-hybridized carbons (Fsp3) is 0.636. The summed E-state index contributed by atoms with van der Waals surface area (Å²) in [7, 11) is 0. The van der Waals surface area contributed by atoms with E-state index in [-0.39, 0.29) is 17.9 Å². The van der Waals surface area contributed by atoms with E-state index in [0.717, 1.165) is 47.4 Å². The molecule has 7 nitrogen and oxygen atoms in total. The predicted molar refractivity (Wildman–Crippen MR) is 114 cm³/mol. The minimum Gasteiger partial charge on any atom is -0.323 e. The molecule has 0 bridgehead atoms. The second-order valence-electron chi connectivity index (χ2n) is 9.83. The van der Waals surface area contributed by atoms with Crippen LogP contribution in [0.1, 0.15) is 68.9 Å². The van der Waals surface area contributed by atoms with Crippen LogP contribution < -0.4 is 10.6 Å². The molecule has 2 fully saturated rings. The lowest BCUT2D eigenvalue weighted by molar-refractivity contribution is -0.136. The summed E-state index contributed by atoms with van der Waals surface area (Å²) in [6.07, 6.45) is 6.08. The van der Waals surface area contributed by atoms with Crippen LogP contribution >= 0.6 is 11.3 Å². The maximum Gasteiger partial charge on any atom is 0.325 e. The molecule has 1 saturated carbocycles. The number of nitriles is 1. The Morgan fingerprint density at radius 3 is 2.73 bits per heavy atom. The van der Waals surface area contributed by atoms with Gasteiger partial charge in [-0.25, -0.2) is 4.79 Å². The van der Waals surface area contributed by atoms with Crippen molar-refractivity contribution >= 4 is 34.2 Å². The Labute approximate surface area is 180 Å². The first-order chi connectivity index (χ1) is 14.1. The highest BCUT2D eigenvalue weighted by Gasteiger charge is 2.56. The highest BCUT2D eigenvalue weighted by Crippen LogP contribution is 2.46. The second kappa shape index (κ2) is 7.38. The molecule has 4 rings (SSSR count). The fourth-order valence-corrected chi connectivity index (χ4v) is 6.99. The van der Waals surface area contributed by atoms with Crippen LogP contribution in [0.5, 0.6) is 0 Å². The Balaban J connectivity index is 1.49. The van der Waals surface area contributed by atoms with Crippen molar-refractivity contribution in [3.8, 4) is 6.07 Å². The fourth-order valence-electron chi connectivity index (χ4n) is 5.73. The highest BCUT2D eigenvalue weighted by molar-refractivity contribution is 7.16. The van der Waals surface area contributed by atoms with Crippen LogP contribution in [0.25, 0.3) is 0 Å². The Morgan fingerprint density at radius 2 is 2.03 bits per heavy atom. The van der Waals surface area contributed by atoms with Gasteiger partial charge >= 0.3 is 6.03 Å². The van der Waals surface area contributed by atoms with E-state index in [0.29, 0.717) is 29.3 Å². The molecule has 2 unspecified atom stereocenters. The maximum atomic E-state index is 13.2. The molecular formula is C22H28N4O3S. The topological polar surface area (TPSA) is 102 Å². The molecule has 0 radical (unpaired) electrons. The zero-order chi connectivity index (χ0) is 21.7. The molecule has 8 heteroatoms. The zero-order valence-corrected chi connectivity index (χ0v) is 18.6. The molecule has 1 aromatic heterocycles. The number of hydrogen-bond donors (Lipinski definition) is 2. The van der Waals surface area contributed by atoms with E-state index in [2.05, 4.69) is 37.5 Å². The van der Waals surface area contributed by atoms with Gasteiger partial charge < -0.3 is 10.6 Å². The quantitative estimate of drug-likeness (QED) is 0.719. The first-order valence-electron chi connectivity index (χ1n) is 10.6. The van der Waals surface area contributed by atoms with Crippen LogP contribution in [0.2, 0.25) is 0 Å². The number of nitrogens with one attached hydrogen (secondary N) is 2. The average molecular weight is 429 g/mol. The lowest BCUT2D eigenvalue weighted by atomic mass is 9.64. The normalized spacial score (nSPS) is 27.5. The molecule has 3 aliphatic rings. The third kappa shape index (κ3) is 3.60. The minimum absolute atomic E-state index is 0.0589. The monoisotopic (exact) mass is 428 g/mol. The van der Waals surface area contributed by atoms with Crippen molar-refractivity contribution in [3.63, 3.8) is 0 Å². The lowest BCUT2D eigenvalue weighted by Gasteiger charge is -2.43. The third-order valence-electron chi connectivity index (χ3n) is 6.46. The van der Waals surface area contributed by atoms with Gasteiger partial charge in [0.25, 0.3) is 5.91 Å². The summed E-state index contributed by atoms with van der Waals surface area (Å²) in [5.74, 6) is -0.454. The van der Waals surface area contributed by atoms with Crippen molar-refractivity contribution in [1.82, 2.24) is 10.2 Å². The number of imide groups is 1. The van der Waals surface area contributed by atoms with Crippen LogP contribution in [0.3, 0.4) is 0 Å². The zero-order valence-electron chi connectivity index (χ0n) is 17.8.